The van der Waals surface area contributed by atoms with Crippen LogP contribution in [0.5, 0.6) is 0 Å². The lowest BCUT2D eigenvalue weighted by atomic mass is 9.85. The topological polar surface area (TPSA) is 56.2 Å². The lowest BCUT2D eigenvalue weighted by Crippen LogP contribution is -2.18. The van der Waals surface area contributed by atoms with Crippen molar-refractivity contribution in [2.75, 3.05) is 0 Å². The maximum atomic E-state index is 5.84. The van der Waals surface area contributed by atoms with Gasteiger partial charge in [-0.15, -0.1) is 10.2 Å². The van der Waals surface area contributed by atoms with Gasteiger partial charge in [0, 0.05) is 18.2 Å². The molecule has 2 heterocycles. The largest absolute Gasteiger partial charge is 0.328 e. The van der Waals surface area contributed by atoms with E-state index in [1.807, 2.05) is 13.0 Å². The van der Waals surface area contributed by atoms with Crippen LogP contribution in [-0.4, -0.2) is 20.6 Å². The van der Waals surface area contributed by atoms with Crippen LogP contribution in [0, 0.1) is 0 Å². The van der Waals surface area contributed by atoms with E-state index in [4.69, 9.17) is 5.73 Å². The van der Waals surface area contributed by atoms with Gasteiger partial charge in [-0.25, -0.2) is 0 Å². The van der Waals surface area contributed by atoms with E-state index in [1.54, 1.807) is 0 Å². The summed E-state index contributed by atoms with van der Waals surface area (Å²) in [6.45, 7) is 2.03. The van der Waals surface area contributed by atoms with Gasteiger partial charge >= 0.3 is 0 Å². The van der Waals surface area contributed by atoms with Crippen molar-refractivity contribution in [1.29, 1.82) is 0 Å². The molecular formula is C13H18N4. The van der Waals surface area contributed by atoms with Crippen LogP contribution < -0.4 is 5.73 Å². The summed E-state index contributed by atoms with van der Waals surface area (Å²) in [5.41, 5.74) is 8.04. The first-order valence-corrected chi connectivity index (χ1v) is 6.33. The second kappa shape index (κ2) is 4.11. The lowest BCUT2D eigenvalue weighted by Gasteiger charge is -2.23. The molecule has 4 nitrogen and oxygen atoms in total. The molecule has 0 amide bonds. The monoisotopic (exact) mass is 230 g/mol. The van der Waals surface area contributed by atoms with E-state index < -0.39 is 0 Å². The number of hydrogen-bond acceptors (Lipinski definition) is 3. The SMILES string of the molecule is CC(N)Cc1ccc2nnc(C3CCC3)n2c1. The molecule has 0 bridgehead atoms. The van der Waals surface area contributed by atoms with Crippen LogP contribution in [0.3, 0.4) is 0 Å². The minimum absolute atomic E-state index is 0.191. The first kappa shape index (κ1) is 10.7. The van der Waals surface area contributed by atoms with E-state index in [0.717, 1.165) is 17.9 Å². The van der Waals surface area contributed by atoms with E-state index in [0.29, 0.717) is 5.92 Å². The van der Waals surface area contributed by atoms with Crippen LogP contribution in [0.2, 0.25) is 0 Å². The summed E-state index contributed by atoms with van der Waals surface area (Å²) in [4.78, 5) is 0. The van der Waals surface area contributed by atoms with Gasteiger partial charge in [-0.1, -0.05) is 12.5 Å². The van der Waals surface area contributed by atoms with Crippen molar-refractivity contribution < 1.29 is 0 Å². The van der Waals surface area contributed by atoms with Gasteiger partial charge in [-0.05, 0) is 37.8 Å². The Labute approximate surface area is 101 Å². The van der Waals surface area contributed by atoms with Crippen molar-refractivity contribution in [3.05, 3.63) is 29.7 Å². The standard InChI is InChI=1S/C13H18N4/c1-9(14)7-10-5-6-12-15-16-13(17(12)8-10)11-3-2-4-11/h5-6,8-9,11H,2-4,7,14H2,1H3. The smallest absolute Gasteiger partial charge is 0.160 e. The Kier molecular flexibility index (Phi) is 2.59. The number of aromatic nitrogens is 3. The van der Waals surface area contributed by atoms with Gasteiger partial charge in [0.25, 0.3) is 0 Å². The minimum atomic E-state index is 0.191. The predicted molar refractivity (Wildman–Crippen MR) is 66.9 cm³/mol. The Bertz CT molecular complexity index is 525. The molecular weight excluding hydrogens is 212 g/mol. The van der Waals surface area contributed by atoms with Gasteiger partial charge in [0.15, 0.2) is 5.65 Å². The summed E-state index contributed by atoms with van der Waals surface area (Å²) in [6, 6.07) is 4.32. The third-order valence-corrected chi connectivity index (χ3v) is 3.52. The Morgan fingerprint density at radius 1 is 1.41 bits per heavy atom. The highest BCUT2D eigenvalue weighted by Crippen LogP contribution is 2.35. The number of hydrogen-bond donors (Lipinski definition) is 1. The van der Waals surface area contributed by atoms with E-state index in [1.165, 1.54) is 24.8 Å². The third kappa shape index (κ3) is 1.93. The highest BCUT2D eigenvalue weighted by atomic mass is 15.2. The molecule has 0 aliphatic heterocycles. The van der Waals surface area contributed by atoms with Gasteiger partial charge in [-0.3, -0.25) is 4.40 Å². The molecule has 1 unspecified atom stereocenters. The zero-order valence-electron chi connectivity index (χ0n) is 10.1. The highest BCUT2D eigenvalue weighted by molar-refractivity contribution is 5.40. The number of nitrogens with zero attached hydrogens (tertiary/aromatic N) is 3. The molecule has 2 N–H and O–H groups in total. The average Bonchev–Trinajstić information content (AvgIpc) is 2.58. The van der Waals surface area contributed by atoms with Crippen LogP contribution in [0.25, 0.3) is 5.65 Å². The number of fused-ring (bicyclic) bond motifs is 1. The molecule has 0 aromatic carbocycles. The van der Waals surface area contributed by atoms with E-state index in [-0.39, 0.29) is 6.04 Å². The molecule has 4 heteroatoms. The van der Waals surface area contributed by atoms with Crippen LogP contribution in [0.1, 0.15) is 43.5 Å². The molecule has 1 saturated carbocycles. The Morgan fingerprint density at radius 2 is 2.24 bits per heavy atom. The molecule has 0 radical (unpaired) electrons. The second-order valence-corrected chi connectivity index (χ2v) is 5.13. The molecule has 1 atom stereocenters. The van der Waals surface area contributed by atoms with Crippen LogP contribution in [0.4, 0.5) is 0 Å². The first-order valence-electron chi connectivity index (χ1n) is 6.33. The molecule has 90 valence electrons. The lowest BCUT2D eigenvalue weighted by molar-refractivity contribution is 0.398. The zero-order chi connectivity index (χ0) is 11.8. The molecule has 2 aromatic rings. The zero-order valence-corrected chi connectivity index (χ0v) is 10.1. The minimum Gasteiger partial charge on any atom is -0.328 e. The molecule has 0 spiro atoms. The van der Waals surface area contributed by atoms with Crippen molar-refractivity contribution >= 4 is 5.65 Å². The summed E-state index contributed by atoms with van der Waals surface area (Å²) >= 11 is 0. The number of nitrogens with two attached hydrogens (primary N) is 1. The number of pyridine rings is 1. The second-order valence-electron chi connectivity index (χ2n) is 5.13. The molecule has 3 rings (SSSR count). The molecule has 2 aromatic heterocycles. The Morgan fingerprint density at radius 3 is 2.88 bits per heavy atom. The maximum absolute atomic E-state index is 5.84. The van der Waals surface area contributed by atoms with Gasteiger partial charge < -0.3 is 5.73 Å². The fourth-order valence-electron chi connectivity index (χ4n) is 2.39. The fourth-order valence-corrected chi connectivity index (χ4v) is 2.39. The van der Waals surface area contributed by atoms with Crippen molar-refractivity contribution in [3.8, 4) is 0 Å². The van der Waals surface area contributed by atoms with Crippen molar-refractivity contribution in [1.82, 2.24) is 14.6 Å². The summed E-state index contributed by atoms with van der Waals surface area (Å²) in [5, 5.41) is 8.54. The molecule has 1 aliphatic carbocycles. The quantitative estimate of drug-likeness (QED) is 0.876. The van der Waals surface area contributed by atoms with Crippen LogP contribution in [-0.2, 0) is 6.42 Å². The third-order valence-electron chi connectivity index (χ3n) is 3.52. The van der Waals surface area contributed by atoms with Gasteiger partial charge in [-0.2, -0.15) is 0 Å². The fraction of sp³-hybridized carbons (Fsp3) is 0.538. The predicted octanol–water partition coefficient (Wildman–Crippen LogP) is 1.89. The Hall–Kier alpha value is -1.42. The van der Waals surface area contributed by atoms with E-state index >= 15 is 0 Å². The van der Waals surface area contributed by atoms with E-state index in [2.05, 4.69) is 26.9 Å². The van der Waals surface area contributed by atoms with Crippen LogP contribution >= 0.6 is 0 Å². The molecule has 17 heavy (non-hydrogen) atoms. The number of rotatable bonds is 3. The summed E-state index contributed by atoms with van der Waals surface area (Å²) in [6.07, 6.45) is 6.86. The van der Waals surface area contributed by atoms with Crippen molar-refractivity contribution in [2.45, 2.75) is 44.6 Å². The summed E-state index contributed by atoms with van der Waals surface area (Å²) < 4.78 is 2.14. The van der Waals surface area contributed by atoms with Crippen LogP contribution in [0.15, 0.2) is 18.3 Å². The van der Waals surface area contributed by atoms with Crippen molar-refractivity contribution in [3.63, 3.8) is 0 Å². The Balaban J connectivity index is 2.00. The maximum Gasteiger partial charge on any atom is 0.160 e. The summed E-state index contributed by atoms with van der Waals surface area (Å²) in [5.74, 6) is 1.73. The van der Waals surface area contributed by atoms with Gasteiger partial charge in [0.05, 0.1) is 0 Å². The summed E-state index contributed by atoms with van der Waals surface area (Å²) in [7, 11) is 0. The average molecular weight is 230 g/mol. The molecule has 0 saturated heterocycles. The normalized spacial score (nSPS) is 18.2. The van der Waals surface area contributed by atoms with Gasteiger partial charge in [0.1, 0.15) is 5.82 Å². The van der Waals surface area contributed by atoms with Gasteiger partial charge in [0.2, 0.25) is 0 Å². The molecule has 1 fully saturated rings. The highest BCUT2D eigenvalue weighted by Gasteiger charge is 2.24. The van der Waals surface area contributed by atoms with Crippen molar-refractivity contribution in [2.24, 2.45) is 5.73 Å². The molecule has 1 aliphatic rings. The van der Waals surface area contributed by atoms with E-state index in [9.17, 15) is 0 Å². The first-order chi connectivity index (χ1) is 8.24.